The summed E-state index contributed by atoms with van der Waals surface area (Å²) in [6.45, 7) is 2.99. The van der Waals surface area contributed by atoms with Crippen LogP contribution in [0.3, 0.4) is 0 Å². The molecular weight excluding hydrogens is 248 g/mol. The standard InChI is InChI=1S/C12H20N4OS/c1-17-8-9-4-6-15(7-5-9)11-13-14-12(18)16(11)10-2-3-10/h9-10H,2-8H2,1H3,(H,14,18). The summed E-state index contributed by atoms with van der Waals surface area (Å²) in [4.78, 5) is 2.36. The third-order valence-corrected chi connectivity index (χ3v) is 4.19. The zero-order valence-electron chi connectivity index (χ0n) is 10.8. The first kappa shape index (κ1) is 12.2. The molecule has 18 heavy (non-hydrogen) atoms. The average molecular weight is 268 g/mol. The molecule has 1 saturated heterocycles. The number of methoxy groups -OCH3 is 1. The molecule has 2 fully saturated rings. The lowest BCUT2D eigenvalue weighted by Crippen LogP contribution is -2.36. The van der Waals surface area contributed by atoms with Crippen molar-refractivity contribution in [3.05, 3.63) is 4.77 Å². The van der Waals surface area contributed by atoms with Gasteiger partial charge in [-0.1, -0.05) is 0 Å². The molecule has 1 aliphatic carbocycles. The number of hydrogen-bond donors (Lipinski definition) is 1. The van der Waals surface area contributed by atoms with E-state index in [2.05, 4.69) is 19.7 Å². The van der Waals surface area contributed by atoms with E-state index >= 15 is 0 Å². The molecule has 1 aliphatic heterocycles. The van der Waals surface area contributed by atoms with Gasteiger partial charge in [0.05, 0.1) is 0 Å². The molecule has 1 aromatic heterocycles. The van der Waals surface area contributed by atoms with Crippen LogP contribution in [0.2, 0.25) is 0 Å². The molecule has 1 N–H and O–H groups in total. The second-order valence-electron chi connectivity index (χ2n) is 5.32. The van der Waals surface area contributed by atoms with Crippen molar-refractivity contribution in [2.24, 2.45) is 5.92 Å². The van der Waals surface area contributed by atoms with E-state index in [4.69, 9.17) is 17.0 Å². The molecule has 0 atom stereocenters. The van der Waals surface area contributed by atoms with Crippen LogP contribution in [0.25, 0.3) is 0 Å². The van der Waals surface area contributed by atoms with Crippen LogP contribution in [-0.4, -0.2) is 41.6 Å². The SMILES string of the molecule is COCC1CCN(c2n[nH]c(=S)n2C2CC2)CC1. The van der Waals surface area contributed by atoms with Crippen molar-refractivity contribution < 1.29 is 4.74 Å². The van der Waals surface area contributed by atoms with Crippen LogP contribution in [0.15, 0.2) is 0 Å². The maximum atomic E-state index is 5.32. The van der Waals surface area contributed by atoms with Crippen molar-refractivity contribution in [2.45, 2.75) is 31.7 Å². The molecule has 5 nitrogen and oxygen atoms in total. The maximum absolute atomic E-state index is 5.32. The smallest absolute Gasteiger partial charge is 0.225 e. The van der Waals surface area contributed by atoms with Crippen LogP contribution in [0.5, 0.6) is 0 Å². The fourth-order valence-electron chi connectivity index (χ4n) is 2.72. The molecule has 0 spiro atoms. The number of nitrogens with one attached hydrogen (secondary N) is 1. The number of aromatic nitrogens is 3. The predicted molar refractivity (Wildman–Crippen MR) is 72.5 cm³/mol. The minimum atomic E-state index is 0.586. The van der Waals surface area contributed by atoms with Crippen LogP contribution < -0.4 is 4.90 Å². The molecule has 6 heteroatoms. The van der Waals surface area contributed by atoms with Gasteiger partial charge in [-0.2, -0.15) is 0 Å². The summed E-state index contributed by atoms with van der Waals surface area (Å²) < 4.78 is 8.21. The Morgan fingerprint density at radius 3 is 2.67 bits per heavy atom. The Kier molecular flexibility index (Phi) is 3.39. The summed E-state index contributed by atoms with van der Waals surface area (Å²) in [6.07, 6.45) is 4.83. The third kappa shape index (κ3) is 2.31. The Balaban J connectivity index is 1.71. The van der Waals surface area contributed by atoms with Gasteiger partial charge < -0.3 is 9.64 Å². The lowest BCUT2D eigenvalue weighted by atomic mass is 9.98. The minimum Gasteiger partial charge on any atom is -0.384 e. The van der Waals surface area contributed by atoms with Crippen molar-refractivity contribution in [2.75, 3.05) is 31.7 Å². The van der Waals surface area contributed by atoms with Gasteiger partial charge in [0.2, 0.25) is 5.95 Å². The molecule has 0 radical (unpaired) electrons. The van der Waals surface area contributed by atoms with Crippen molar-refractivity contribution in [3.63, 3.8) is 0 Å². The Bertz CT molecular complexity index is 457. The molecule has 0 unspecified atom stereocenters. The van der Waals surface area contributed by atoms with E-state index in [-0.39, 0.29) is 0 Å². The van der Waals surface area contributed by atoms with E-state index < -0.39 is 0 Å². The van der Waals surface area contributed by atoms with Gasteiger partial charge >= 0.3 is 0 Å². The van der Waals surface area contributed by atoms with Crippen molar-refractivity contribution in [1.29, 1.82) is 0 Å². The summed E-state index contributed by atoms with van der Waals surface area (Å²) >= 11 is 5.32. The summed E-state index contributed by atoms with van der Waals surface area (Å²) in [5.41, 5.74) is 0. The number of nitrogens with zero attached hydrogens (tertiary/aromatic N) is 3. The third-order valence-electron chi connectivity index (χ3n) is 3.90. The first-order valence-electron chi connectivity index (χ1n) is 6.70. The molecule has 0 aromatic carbocycles. The van der Waals surface area contributed by atoms with Crippen molar-refractivity contribution in [1.82, 2.24) is 14.8 Å². The maximum Gasteiger partial charge on any atom is 0.225 e. The van der Waals surface area contributed by atoms with Gasteiger partial charge in [0.15, 0.2) is 4.77 Å². The topological polar surface area (TPSA) is 46.1 Å². The van der Waals surface area contributed by atoms with Gasteiger partial charge in [-0.05, 0) is 43.8 Å². The molecule has 1 saturated carbocycles. The second-order valence-corrected chi connectivity index (χ2v) is 5.70. The van der Waals surface area contributed by atoms with Gasteiger partial charge in [-0.15, -0.1) is 5.10 Å². The second kappa shape index (κ2) is 5.01. The first-order valence-corrected chi connectivity index (χ1v) is 7.11. The molecule has 0 bridgehead atoms. The summed E-state index contributed by atoms with van der Waals surface area (Å²) in [5.74, 6) is 1.74. The van der Waals surface area contributed by atoms with Gasteiger partial charge in [-0.3, -0.25) is 4.57 Å². The van der Waals surface area contributed by atoms with Gasteiger partial charge in [0, 0.05) is 32.8 Å². The average Bonchev–Trinajstić information content (AvgIpc) is 3.14. The first-order chi connectivity index (χ1) is 8.79. The number of hydrogen-bond acceptors (Lipinski definition) is 4. The van der Waals surface area contributed by atoms with E-state index in [0.29, 0.717) is 12.0 Å². The zero-order chi connectivity index (χ0) is 12.5. The Morgan fingerprint density at radius 1 is 1.33 bits per heavy atom. The Morgan fingerprint density at radius 2 is 2.06 bits per heavy atom. The zero-order valence-corrected chi connectivity index (χ0v) is 11.6. The molecule has 1 aromatic rings. The normalized spacial score (nSPS) is 21.5. The van der Waals surface area contributed by atoms with Crippen LogP contribution in [0.4, 0.5) is 5.95 Å². The van der Waals surface area contributed by atoms with E-state index in [9.17, 15) is 0 Å². The molecule has 2 heterocycles. The highest BCUT2D eigenvalue weighted by atomic mass is 32.1. The fourth-order valence-corrected chi connectivity index (χ4v) is 2.99. The monoisotopic (exact) mass is 268 g/mol. The molecule has 100 valence electrons. The van der Waals surface area contributed by atoms with Crippen molar-refractivity contribution in [3.8, 4) is 0 Å². The molecular formula is C12H20N4OS. The number of aromatic amines is 1. The van der Waals surface area contributed by atoms with Gasteiger partial charge in [-0.25, -0.2) is 5.10 Å². The molecule has 0 amide bonds. The van der Waals surface area contributed by atoms with E-state index in [1.807, 2.05) is 0 Å². The van der Waals surface area contributed by atoms with Gasteiger partial charge in [0.1, 0.15) is 0 Å². The Hall–Kier alpha value is -0.880. The number of ether oxygens (including phenoxy) is 1. The number of anilines is 1. The van der Waals surface area contributed by atoms with E-state index in [1.54, 1.807) is 7.11 Å². The predicted octanol–water partition coefficient (Wildman–Crippen LogP) is 2.14. The van der Waals surface area contributed by atoms with E-state index in [0.717, 1.165) is 30.4 Å². The summed E-state index contributed by atoms with van der Waals surface area (Å²) in [7, 11) is 1.78. The number of piperidine rings is 1. The molecule has 2 aliphatic rings. The Labute approximate surface area is 112 Å². The quantitative estimate of drug-likeness (QED) is 0.850. The lowest BCUT2D eigenvalue weighted by Gasteiger charge is -2.32. The summed E-state index contributed by atoms with van der Waals surface area (Å²) in [6, 6.07) is 0.586. The minimum absolute atomic E-state index is 0.586. The van der Waals surface area contributed by atoms with Crippen LogP contribution in [0.1, 0.15) is 31.7 Å². The van der Waals surface area contributed by atoms with Crippen LogP contribution in [-0.2, 0) is 4.74 Å². The van der Waals surface area contributed by atoms with E-state index in [1.165, 1.54) is 25.7 Å². The fraction of sp³-hybridized carbons (Fsp3) is 0.833. The molecule has 3 rings (SSSR count). The highest BCUT2D eigenvalue weighted by Crippen LogP contribution is 2.38. The van der Waals surface area contributed by atoms with Gasteiger partial charge in [0.25, 0.3) is 0 Å². The number of rotatable bonds is 4. The van der Waals surface area contributed by atoms with Crippen LogP contribution >= 0.6 is 12.2 Å². The lowest BCUT2D eigenvalue weighted by molar-refractivity contribution is 0.138. The highest BCUT2D eigenvalue weighted by Gasteiger charge is 2.30. The number of H-pyrrole nitrogens is 1. The largest absolute Gasteiger partial charge is 0.384 e. The summed E-state index contributed by atoms with van der Waals surface area (Å²) in [5, 5.41) is 7.35. The highest BCUT2D eigenvalue weighted by molar-refractivity contribution is 7.71. The van der Waals surface area contributed by atoms with Crippen LogP contribution in [0, 0.1) is 10.7 Å². The van der Waals surface area contributed by atoms with Crippen molar-refractivity contribution >= 4 is 18.2 Å².